The molecule has 1 amide bonds. The fourth-order valence-electron chi connectivity index (χ4n) is 2.05. The molecule has 0 saturated carbocycles. The second-order valence-corrected chi connectivity index (χ2v) is 4.51. The normalized spacial score (nSPS) is 20.4. The van der Waals surface area contributed by atoms with E-state index in [2.05, 4.69) is 0 Å². The molecule has 92 valence electrons. The number of halogens is 1. The molecule has 0 aliphatic carbocycles. The van der Waals surface area contributed by atoms with Crippen molar-refractivity contribution < 1.29 is 14.3 Å². The van der Waals surface area contributed by atoms with Gasteiger partial charge in [-0.3, -0.25) is 4.79 Å². The molecule has 1 fully saturated rings. The maximum Gasteiger partial charge on any atom is 0.254 e. The third-order valence-corrected chi connectivity index (χ3v) is 3.10. The number of carbonyl (C=O) groups excluding carboxylic acids is 1. The molecule has 0 bridgehead atoms. The van der Waals surface area contributed by atoms with Gasteiger partial charge in [0.1, 0.15) is 5.82 Å². The number of benzene rings is 1. The summed E-state index contributed by atoms with van der Waals surface area (Å²) in [5.74, 6) is -0.573. The summed E-state index contributed by atoms with van der Waals surface area (Å²) in [5, 5.41) is 9.51. The lowest BCUT2D eigenvalue weighted by Crippen LogP contribution is -2.42. The molecule has 1 heterocycles. The van der Waals surface area contributed by atoms with Crippen LogP contribution in [0.3, 0.4) is 0 Å². The number of likely N-dealkylation sites (tertiary alicyclic amines) is 1. The topological polar surface area (TPSA) is 40.5 Å². The molecule has 0 radical (unpaired) electrons. The largest absolute Gasteiger partial charge is 0.391 e. The number of piperidine rings is 1. The molecule has 1 saturated heterocycles. The van der Waals surface area contributed by atoms with Crippen molar-refractivity contribution in [2.75, 3.05) is 13.1 Å². The van der Waals surface area contributed by atoms with E-state index >= 15 is 0 Å². The monoisotopic (exact) mass is 237 g/mol. The van der Waals surface area contributed by atoms with Crippen LogP contribution in [0, 0.1) is 12.7 Å². The van der Waals surface area contributed by atoms with E-state index in [9.17, 15) is 14.3 Å². The first-order valence-corrected chi connectivity index (χ1v) is 5.81. The zero-order chi connectivity index (χ0) is 12.4. The first-order chi connectivity index (χ1) is 8.08. The Bertz CT molecular complexity index is 433. The molecular formula is C13H16FNO2. The SMILES string of the molecule is Cc1ccc(C(=O)N2CCCC(O)C2)cc1F. The Labute approximate surface area is 99.9 Å². The Kier molecular flexibility index (Phi) is 3.43. The molecule has 1 aliphatic heterocycles. The summed E-state index contributed by atoms with van der Waals surface area (Å²) >= 11 is 0. The minimum Gasteiger partial charge on any atom is -0.391 e. The minimum absolute atomic E-state index is 0.206. The van der Waals surface area contributed by atoms with Gasteiger partial charge in [0.25, 0.3) is 5.91 Å². The minimum atomic E-state index is -0.456. The van der Waals surface area contributed by atoms with Crippen LogP contribution in [-0.2, 0) is 0 Å². The van der Waals surface area contributed by atoms with Crippen molar-refractivity contribution in [3.05, 3.63) is 35.1 Å². The van der Waals surface area contributed by atoms with E-state index in [4.69, 9.17) is 0 Å². The van der Waals surface area contributed by atoms with E-state index in [1.807, 2.05) is 0 Å². The average Bonchev–Trinajstić information content (AvgIpc) is 2.32. The van der Waals surface area contributed by atoms with Crippen molar-refractivity contribution in [3.63, 3.8) is 0 Å². The second-order valence-electron chi connectivity index (χ2n) is 4.51. The lowest BCUT2D eigenvalue weighted by Gasteiger charge is -2.30. The summed E-state index contributed by atoms with van der Waals surface area (Å²) in [7, 11) is 0. The number of rotatable bonds is 1. The summed E-state index contributed by atoms with van der Waals surface area (Å²) in [6.45, 7) is 2.63. The molecular weight excluding hydrogens is 221 g/mol. The van der Waals surface area contributed by atoms with Crippen LogP contribution >= 0.6 is 0 Å². The van der Waals surface area contributed by atoms with Gasteiger partial charge in [0, 0.05) is 18.7 Å². The third kappa shape index (κ3) is 2.64. The van der Waals surface area contributed by atoms with Gasteiger partial charge in [-0.1, -0.05) is 6.07 Å². The van der Waals surface area contributed by atoms with E-state index in [1.165, 1.54) is 6.07 Å². The first-order valence-electron chi connectivity index (χ1n) is 5.81. The van der Waals surface area contributed by atoms with Crippen LogP contribution in [0.1, 0.15) is 28.8 Å². The summed E-state index contributed by atoms with van der Waals surface area (Å²) in [6, 6.07) is 4.49. The van der Waals surface area contributed by atoms with E-state index in [0.717, 1.165) is 12.8 Å². The summed E-state index contributed by atoms with van der Waals surface area (Å²) in [5.41, 5.74) is 0.877. The number of carbonyl (C=O) groups is 1. The van der Waals surface area contributed by atoms with Gasteiger partial charge in [-0.05, 0) is 37.5 Å². The van der Waals surface area contributed by atoms with Crippen LogP contribution in [0.5, 0.6) is 0 Å². The molecule has 0 aromatic heterocycles. The van der Waals surface area contributed by atoms with Crippen LogP contribution in [0.15, 0.2) is 18.2 Å². The van der Waals surface area contributed by atoms with Crippen molar-refractivity contribution in [2.24, 2.45) is 0 Å². The molecule has 4 heteroatoms. The highest BCUT2D eigenvalue weighted by molar-refractivity contribution is 5.94. The molecule has 1 N–H and O–H groups in total. The average molecular weight is 237 g/mol. The van der Waals surface area contributed by atoms with Gasteiger partial charge in [0.15, 0.2) is 0 Å². The maximum atomic E-state index is 13.4. The van der Waals surface area contributed by atoms with E-state index in [-0.39, 0.29) is 11.7 Å². The second kappa shape index (κ2) is 4.84. The van der Waals surface area contributed by atoms with Crippen LogP contribution in [0.25, 0.3) is 0 Å². The number of hydrogen-bond donors (Lipinski definition) is 1. The standard InChI is InChI=1S/C13H16FNO2/c1-9-4-5-10(7-12(9)14)13(17)15-6-2-3-11(16)8-15/h4-5,7,11,16H,2-3,6,8H2,1H3. The summed E-state index contributed by atoms with van der Waals surface area (Å²) in [6.07, 6.45) is 1.07. The fourth-order valence-corrected chi connectivity index (χ4v) is 2.05. The first kappa shape index (κ1) is 12.0. The predicted molar refractivity (Wildman–Crippen MR) is 62.3 cm³/mol. The smallest absolute Gasteiger partial charge is 0.254 e. The van der Waals surface area contributed by atoms with Crippen LogP contribution in [0.2, 0.25) is 0 Å². The Morgan fingerprint density at radius 2 is 2.29 bits per heavy atom. The van der Waals surface area contributed by atoms with Crippen molar-refractivity contribution >= 4 is 5.91 Å². The van der Waals surface area contributed by atoms with Crippen LogP contribution in [-0.4, -0.2) is 35.1 Å². The van der Waals surface area contributed by atoms with Crippen LogP contribution < -0.4 is 0 Å². The highest BCUT2D eigenvalue weighted by Gasteiger charge is 2.23. The number of hydrogen-bond acceptors (Lipinski definition) is 2. The fraction of sp³-hybridized carbons (Fsp3) is 0.462. The Hall–Kier alpha value is -1.42. The number of nitrogens with zero attached hydrogens (tertiary/aromatic N) is 1. The molecule has 2 rings (SSSR count). The van der Waals surface area contributed by atoms with Crippen molar-refractivity contribution in [2.45, 2.75) is 25.9 Å². The molecule has 17 heavy (non-hydrogen) atoms. The van der Waals surface area contributed by atoms with Gasteiger partial charge in [-0.25, -0.2) is 4.39 Å². The van der Waals surface area contributed by atoms with Crippen molar-refractivity contribution in [3.8, 4) is 0 Å². The van der Waals surface area contributed by atoms with Gasteiger partial charge in [-0.15, -0.1) is 0 Å². The number of aliphatic hydroxyl groups is 1. The van der Waals surface area contributed by atoms with Crippen LogP contribution in [0.4, 0.5) is 4.39 Å². The number of β-amino-alcohol motifs (C(OH)–C–C–N with tert-alkyl or cyclic N) is 1. The van der Waals surface area contributed by atoms with E-state index < -0.39 is 6.10 Å². The highest BCUT2D eigenvalue weighted by atomic mass is 19.1. The summed E-state index contributed by atoms with van der Waals surface area (Å²) in [4.78, 5) is 13.6. The zero-order valence-electron chi connectivity index (χ0n) is 9.82. The van der Waals surface area contributed by atoms with Crippen molar-refractivity contribution in [1.82, 2.24) is 4.90 Å². The van der Waals surface area contributed by atoms with Gasteiger partial charge >= 0.3 is 0 Å². The lowest BCUT2D eigenvalue weighted by atomic mass is 10.1. The van der Waals surface area contributed by atoms with Gasteiger partial charge in [-0.2, -0.15) is 0 Å². The van der Waals surface area contributed by atoms with Crippen molar-refractivity contribution in [1.29, 1.82) is 0 Å². The number of aryl methyl sites for hydroxylation is 1. The third-order valence-electron chi connectivity index (χ3n) is 3.10. The molecule has 1 aliphatic rings. The molecule has 0 spiro atoms. The van der Waals surface area contributed by atoms with E-state index in [0.29, 0.717) is 24.2 Å². The summed E-state index contributed by atoms with van der Waals surface area (Å²) < 4.78 is 13.4. The molecule has 3 nitrogen and oxygen atoms in total. The molecule has 1 aromatic rings. The Balaban J connectivity index is 2.15. The Morgan fingerprint density at radius 3 is 2.94 bits per heavy atom. The number of aliphatic hydroxyl groups excluding tert-OH is 1. The van der Waals surface area contributed by atoms with Gasteiger partial charge in [0.2, 0.25) is 0 Å². The molecule has 1 unspecified atom stereocenters. The van der Waals surface area contributed by atoms with E-state index in [1.54, 1.807) is 24.0 Å². The number of amides is 1. The van der Waals surface area contributed by atoms with Gasteiger partial charge < -0.3 is 10.0 Å². The maximum absolute atomic E-state index is 13.4. The molecule has 1 atom stereocenters. The Morgan fingerprint density at radius 1 is 1.53 bits per heavy atom. The quantitative estimate of drug-likeness (QED) is 0.808. The zero-order valence-corrected chi connectivity index (χ0v) is 9.82. The predicted octanol–water partition coefficient (Wildman–Crippen LogP) is 1.73. The van der Waals surface area contributed by atoms with Gasteiger partial charge in [0.05, 0.1) is 6.10 Å². The lowest BCUT2D eigenvalue weighted by molar-refractivity contribution is 0.0473. The molecule has 1 aromatic carbocycles. The highest BCUT2D eigenvalue weighted by Crippen LogP contribution is 2.15.